The SMILES string of the molecule is CCOCCN(C(=O)c1cc(NC(=O)c2cc(F)c(F)cc2Cl)n[nH]1)c1ccccc1. The molecule has 3 rings (SSSR count). The predicted molar refractivity (Wildman–Crippen MR) is 113 cm³/mol. The Balaban J connectivity index is 1.77. The summed E-state index contributed by atoms with van der Waals surface area (Å²) in [5, 5.41) is 8.62. The average Bonchev–Trinajstić information content (AvgIpc) is 3.22. The number of amides is 2. The number of para-hydroxylation sites is 1. The number of hydrogen-bond donors (Lipinski definition) is 2. The standard InChI is InChI=1S/C21H19ClF2N4O3/c1-2-31-9-8-28(13-6-4-3-5-7-13)21(30)18-12-19(27-26-18)25-20(29)14-10-16(23)17(24)11-15(14)22/h3-7,10-12H,2,8-9H2,1H3,(H2,25,26,27,29). The van der Waals surface area contributed by atoms with Crippen molar-refractivity contribution >= 4 is 34.9 Å². The van der Waals surface area contributed by atoms with E-state index in [-0.39, 0.29) is 28.0 Å². The molecule has 10 heteroatoms. The summed E-state index contributed by atoms with van der Waals surface area (Å²) in [5.74, 6) is -3.54. The number of aromatic nitrogens is 2. The molecule has 0 spiro atoms. The van der Waals surface area contributed by atoms with Crippen LogP contribution in [0.5, 0.6) is 0 Å². The Morgan fingerprint density at radius 2 is 1.87 bits per heavy atom. The molecule has 3 aromatic rings. The Bertz CT molecular complexity index is 1080. The fourth-order valence-corrected chi connectivity index (χ4v) is 3.01. The van der Waals surface area contributed by atoms with Crippen LogP contribution in [0, 0.1) is 11.6 Å². The number of rotatable bonds is 8. The van der Waals surface area contributed by atoms with Crippen molar-refractivity contribution in [1.82, 2.24) is 10.2 Å². The minimum atomic E-state index is -1.21. The molecule has 0 saturated carbocycles. The second kappa shape index (κ2) is 10.1. The molecule has 0 unspecified atom stereocenters. The van der Waals surface area contributed by atoms with Gasteiger partial charge in [-0.3, -0.25) is 14.7 Å². The number of hydrogen-bond acceptors (Lipinski definition) is 4. The highest BCUT2D eigenvalue weighted by Crippen LogP contribution is 2.22. The number of anilines is 2. The molecule has 2 amide bonds. The van der Waals surface area contributed by atoms with Gasteiger partial charge in [0.15, 0.2) is 17.5 Å². The summed E-state index contributed by atoms with van der Waals surface area (Å²) in [5.41, 5.74) is 0.520. The molecule has 0 bridgehead atoms. The third kappa shape index (κ3) is 5.44. The first-order valence-electron chi connectivity index (χ1n) is 9.36. The van der Waals surface area contributed by atoms with Crippen LogP contribution >= 0.6 is 11.6 Å². The van der Waals surface area contributed by atoms with E-state index in [2.05, 4.69) is 15.5 Å². The van der Waals surface area contributed by atoms with Crippen molar-refractivity contribution in [3.63, 3.8) is 0 Å². The van der Waals surface area contributed by atoms with Crippen LogP contribution in [0.15, 0.2) is 48.5 Å². The summed E-state index contributed by atoms with van der Waals surface area (Å²) >= 11 is 5.82. The third-order valence-corrected chi connectivity index (χ3v) is 4.59. The minimum absolute atomic E-state index is 0.0203. The van der Waals surface area contributed by atoms with Gasteiger partial charge in [0, 0.05) is 24.9 Å². The van der Waals surface area contributed by atoms with Crippen molar-refractivity contribution in [2.75, 3.05) is 30.0 Å². The van der Waals surface area contributed by atoms with Gasteiger partial charge in [-0.25, -0.2) is 8.78 Å². The zero-order chi connectivity index (χ0) is 22.4. The van der Waals surface area contributed by atoms with Crippen molar-refractivity contribution < 1.29 is 23.1 Å². The van der Waals surface area contributed by atoms with E-state index in [9.17, 15) is 18.4 Å². The van der Waals surface area contributed by atoms with E-state index in [1.165, 1.54) is 11.0 Å². The minimum Gasteiger partial charge on any atom is -0.380 e. The highest BCUT2D eigenvalue weighted by molar-refractivity contribution is 6.34. The maximum absolute atomic E-state index is 13.4. The summed E-state index contributed by atoms with van der Waals surface area (Å²) in [6, 6.07) is 11.8. The maximum atomic E-state index is 13.4. The van der Waals surface area contributed by atoms with Crippen LogP contribution in [-0.4, -0.2) is 41.8 Å². The van der Waals surface area contributed by atoms with Crippen molar-refractivity contribution in [3.8, 4) is 0 Å². The fraction of sp³-hybridized carbons (Fsp3) is 0.190. The lowest BCUT2D eigenvalue weighted by atomic mass is 10.2. The predicted octanol–water partition coefficient (Wildman–Crippen LogP) is 4.28. The van der Waals surface area contributed by atoms with E-state index >= 15 is 0 Å². The molecule has 0 fully saturated rings. The molecule has 7 nitrogen and oxygen atoms in total. The van der Waals surface area contributed by atoms with Gasteiger partial charge in [-0.15, -0.1) is 0 Å². The fourth-order valence-electron chi connectivity index (χ4n) is 2.78. The molecule has 0 radical (unpaired) electrons. The lowest BCUT2D eigenvalue weighted by Gasteiger charge is -2.22. The first-order chi connectivity index (χ1) is 14.9. The van der Waals surface area contributed by atoms with E-state index in [1.54, 1.807) is 24.3 Å². The van der Waals surface area contributed by atoms with Gasteiger partial charge in [0.25, 0.3) is 11.8 Å². The molecule has 2 aromatic carbocycles. The summed E-state index contributed by atoms with van der Waals surface area (Å²) in [6.07, 6.45) is 0. The van der Waals surface area contributed by atoms with Gasteiger partial charge < -0.3 is 15.0 Å². The molecule has 0 atom stereocenters. The van der Waals surface area contributed by atoms with Crippen LogP contribution < -0.4 is 10.2 Å². The second-order valence-corrected chi connectivity index (χ2v) is 6.76. The van der Waals surface area contributed by atoms with E-state index in [1.807, 2.05) is 13.0 Å². The van der Waals surface area contributed by atoms with Gasteiger partial charge in [0.2, 0.25) is 0 Å². The summed E-state index contributed by atoms with van der Waals surface area (Å²) in [7, 11) is 0. The molecule has 0 aliphatic carbocycles. The monoisotopic (exact) mass is 448 g/mol. The van der Waals surface area contributed by atoms with Crippen LogP contribution in [0.2, 0.25) is 5.02 Å². The zero-order valence-corrected chi connectivity index (χ0v) is 17.2. The number of nitrogens with one attached hydrogen (secondary N) is 2. The van der Waals surface area contributed by atoms with Crippen molar-refractivity contribution in [2.24, 2.45) is 0 Å². The Morgan fingerprint density at radius 1 is 1.16 bits per heavy atom. The molecule has 162 valence electrons. The number of nitrogens with zero attached hydrogens (tertiary/aromatic N) is 2. The number of halogens is 3. The lowest BCUT2D eigenvalue weighted by Crippen LogP contribution is -2.34. The van der Waals surface area contributed by atoms with Crippen LogP contribution in [0.1, 0.15) is 27.8 Å². The van der Waals surface area contributed by atoms with Crippen molar-refractivity contribution in [3.05, 3.63) is 76.4 Å². The van der Waals surface area contributed by atoms with Gasteiger partial charge in [0.05, 0.1) is 17.2 Å². The molecule has 31 heavy (non-hydrogen) atoms. The summed E-state index contributed by atoms with van der Waals surface area (Å²) in [6.45, 7) is 3.02. The smallest absolute Gasteiger partial charge is 0.276 e. The number of ether oxygens (including phenoxy) is 1. The average molecular weight is 449 g/mol. The number of carbonyl (C=O) groups is 2. The Hall–Kier alpha value is -3.30. The van der Waals surface area contributed by atoms with E-state index < -0.39 is 17.5 Å². The molecule has 2 N–H and O–H groups in total. The molecule has 1 heterocycles. The molecule has 0 saturated heterocycles. The van der Waals surface area contributed by atoms with Gasteiger partial charge >= 0.3 is 0 Å². The normalized spacial score (nSPS) is 10.7. The highest BCUT2D eigenvalue weighted by Gasteiger charge is 2.21. The number of carbonyl (C=O) groups excluding carboxylic acids is 2. The number of H-pyrrole nitrogens is 1. The van der Waals surface area contributed by atoms with E-state index in [0.29, 0.717) is 37.6 Å². The van der Waals surface area contributed by atoms with Crippen LogP contribution in [-0.2, 0) is 4.74 Å². The Kier molecular flexibility index (Phi) is 7.32. The molecule has 0 aliphatic heterocycles. The van der Waals surface area contributed by atoms with Crippen molar-refractivity contribution in [1.29, 1.82) is 0 Å². The van der Waals surface area contributed by atoms with E-state index in [0.717, 1.165) is 0 Å². The van der Waals surface area contributed by atoms with Gasteiger partial charge in [-0.05, 0) is 31.2 Å². The van der Waals surface area contributed by atoms with E-state index in [4.69, 9.17) is 16.3 Å². The first kappa shape index (κ1) is 22.4. The molecule has 1 aromatic heterocycles. The third-order valence-electron chi connectivity index (χ3n) is 4.28. The zero-order valence-electron chi connectivity index (χ0n) is 16.5. The van der Waals surface area contributed by atoms with Gasteiger partial charge in [-0.2, -0.15) is 5.10 Å². The summed E-state index contributed by atoms with van der Waals surface area (Å²) in [4.78, 5) is 26.9. The second-order valence-electron chi connectivity index (χ2n) is 6.36. The first-order valence-corrected chi connectivity index (χ1v) is 9.74. The lowest BCUT2D eigenvalue weighted by molar-refractivity contribution is 0.0960. The maximum Gasteiger partial charge on any atom is 0.276 e. The number of aromatic amines is 1. The van der Waals surface area contributed by atoms with Crippen molar-refractivity contribution in [2.45, 2.75) is 6.92 Å². The molecule has 0 aliphatic rings. The topological polar surface area (TPSA) is 87.3 Å². The van der Waals surface area contributed by atoms with Gasteiger partial charge in [-0.1, -0.05) is 29.8 Å². The van der Waals surface area contributed by atoms with Gasteiger partial charge in [0.1, 0.15) is 5.69 Å². The largest absolute Gasteiger partial charge is 0.380 e. The Labute approximate surface area is 182 Å². The molecular formula is C21H19ClF2N4O3. The molecular weight excluding hydrogens is 430 g/mol. The Morgan fingerprint density at radius 3 is 2.58 bits per heavy atom. The van der Waals surface area contributed by atoms with Crippen LogP contribution in [0.25, 0.3) is 0 Å². The highest BCUT2D eigenvalue weighted by atomic mass is 35.5. The summed E-state index contributed by atoms with van der Waals surface area (Å²) < 4.78 is 32.0. The quantitative estimate of drug-likeness (QED) is 0.398. The number of benzene rings is 2. The van der Waals surface area contributed by atoms with Crippen LogP contribution in [0.4, 0.5) is 20.3 Å². The van der Waals surface area contributed by atoms with Crippen LogP contribution in [0.3, 0.4) is 0 Å².